The molecule has 108 valence electrons. The van der Waals surface area contributed by atoms with E-state index in [-0.39, 0.29) is 12.2 Å². The first-order valence-electron chi connectivity index (χ1n) is 7.47. The van der Waals surface area contributed by atoms with Gasteiger partial charge in [-0.05, 0) is 45.2 Å². The molecule has 1 rings (SSSR count). The Hall–Kier alpha value is -0.120. The average Bonchev–Trinajstić information content (AvgIpc) is 2.64. The first kappa shape index (κ1) is 15.9. The van der Waals surface area contributed by atoms with Crippen molar-refractivity contribution >= 4 is 0 Å². The molecule has 0 bridgehead atoms. The quantitative estimate of drug-likeness (QED) is 0.711. The molecule has 1 N–H and O–H groups in total. The minimum absolute atomic E-state index is 0.230. The van der Waals surface area contributed by atoms with E-state index >= 15 is 0 Å². The summed E-state index contributed by atoms with van der Waals surface area (Å²) in [5.41, 5.74) is 0. The molecule has 1 saturated heterocycles. The molecule has 1 aliphatic rings. The molecule has 0 spiro atoms. The summed E-state index contributed by atoms with van der Waals surface area (Å²) < 4.78 is 12.2. The van der Waals surface area contributed by atoms with E-state index in [9.17, 15) is 0 Å². The van der Waals surface area contributed by atoms with E-state index in [0.29, 0.717) is 11.8 Å². The maximum absolute atomic E-state index is 6.13. The fraction of sp³-hybridized carbons (Fsp3) is 1.00. The van der Waals surface area contributed by atoms with Crippen LogP contribution in [0.3, 0.4) is 0 Å². The summed E-state index contributed by atoms with van der Waals surface area (Å²) >= 11 is 0. The Balaban J connectivity index is 2.59. The molecular weight excluding hydrogens is 226 g/mol. The van der Waals surface area contributed by atoms with E-state index in [1.54, 1.807) is 0 Å². The predicted octanol–water partition coefficient (Wildman–Crippen LogP) is 3.19. The fourth-order valence-corrected chi connectivity index (χ4v) is 2.60. The lowest BCUT2D eigenvalue weighted by Crippen LogP contribution is -2.35. The number of rotatable bonds is 7. The molecule has 1 heterocycles. The van der Waals surface area contributed by atoms with Crippen LogP contribution in [0.2, 0.25) is 0 Å². The van der Waals surface area contributed by atoms with Crippen molar-refractivity contribution < 1.29 is 9.47 Å². The normalized spacial score (nSPS) is 30.3. The number of hydrogen-bond acceptors (Lipinski definition) is 3. The molecule has 1 aliphatic heterocycles. The van der Waals surface area contributed by atoms with Gasteiger partial charge >= 0.3 is 0 Å². The molecule has 4 atom stereocenters. The van der Waals surface area contributed by atoms with Gasteiger partial charge in [0.05, 0.1) is 12.2 Å². The zero-order valence-electron chi connectivity index (χ0n) is 13.0. The van der Waals surface area contributed by atoms with Crippen molar-refractivity contribution in [2.75, 3.05) is 13.1 Å². The second-order valence-corrected chi connectivity index (χ2v) is 6.07. The Kier molecular flexibility index (Phi) is 6.09. The number of nitrogens with one attached hydrogen (secondary N) is 1. The second kappa shape index (κ2) is 6.88. The van der Waals surface area contributed by atoms with E-state index in [1.807, 2.05) is 13.8 Å². The van der Waals surface area contributed by atoms with Crippen molar-refractivity contribution in [2.24, 2.45) is 11.8 Å². The Labute approximate surface area is 113 Å². The largest absolute Gasteiger partial charge is 0.344 e. The molecule has 1 fully saturated rings. The zero-order chi connectivity index (χ0) is 13.8. The van der Waals surface area contributed by atoms with Crippen LogP contribution < -0.4 is 5.32 Å². The monoisotopic (exact) mass is 257 g/mol. The predicted molar refractivity (Wildman–Crippen MR) is 75.6 cm³/mol. The van der Waals surface area contributed by atoms with Gasteiger partial charge in [-0.1, -0.05) is 34.1 Å². The SMILES string of the molecule is CCNCCC(C)C1OC(C)(C)OC1C(C)CC. The summed E-state index contributed by atoms with van der Waals surface area (Å²) in [6.07, 6.45) is 2.75. The van der Waals surface area contributed by atoms with Crippen molar-refractivity contribution in [1.82, 2.24) is 5.32 Å². The van der Waals surface area contributed by atoms with Gasteiger partial charge in [0.2, 0.25) is 0 Å². The van der Waals surface area contributed by atoms with Crippen LogP contribution in [0.25, 0.3) is 0 Å². The van der Waals surface area contributed by atoms with Crippen LogP contribution in [-0.4, -0.2) is 31.1 Å². The molecule has 0 aromatic heterocycles. The second-order valence-electron chi connectivity index (χ2n) is 6.07. The molecule has 0 aromatic rings. The highest BCUT2D eigenvalue weighted by atomic mass is 16.8. The minimum Gasteiger partial charge on any atom is -0.344 e. The standard InChI is InChI=1S/C15H31NO2/c1-7-11(3)13-14(18-15(5,6)17-13)12(4)9-10-16-8-2/h11-14,16H,7-10H2,1-6H3. The third-order valence-corrected chi connectivity index (χ3v) is 3.96. The smallest absolute Gasteiger partial charge is 0.163 e. The summed E-state index contributed by atoms with van der Waals surface area (Å²) in [5.74, 6) is 0.661. The third-order valence-electron chi connectivity index (χ3n) is 3.96. The molecule has 0 radical (unpaired) electrons. The van der Waals surface area contributed by atoms with Crippen LogP contribution in [0, 0.1) is 11.8 Å². The zero-order valence-corrected chi connectivity index (χ0v) is 13.0. The lowest BCUT2D eigenvalue weighted by Gasteiger charge is -2.26. The third kappa shape index (κ3) is 4.22. The van der Waals surface area contributed by atoms with E-state index in [1.165, 1.54) is 0 Å². The summed E-state index contributed by atoms with van der Waals surface area (Å²) in [7, 11) is 0. The van der Waals surface area contributed by atoms with E-state index in [4.69, 9.17) is 9.47 Å². The van der Waals surface area contributed by atoms with Crippen LogP contribution in [0.1, 0.15) is 54.4 Å². The molecule has 0 amide bonds. The van der Waals surface area contributed by atoms with Crippen molar-refractivity contribution in [3.63, 3.8) is 0 Å². The van der Waals surface area contributed by atoms with Gasteiger partial charge < -0.3 is 14.8 Å². The Morgan fingerprint density at radius 3 is 2.11 bits per heavy atom. The average molecular weight is 257 g/mol. The highest BCUT2D eigenvalue weighted by Gasteiger charge is 2.45. The van der Waals surface area contributed by atoms with Crippen molar-refractivity contribution in [2.45, 2.75) is 72.4 Å². The van der Waals surface area contributed by atoms with E-state index < -0.39 is 5.79 Å². The highest BCUT2D eigenvalue weighted by molar-refractivity contribution is 4.87. The minimum atomic E-state index is -0.425. The molecule has 18 heavy (non-hydrogen) atoms. The summed E-state index contributed by atoms with van der Waals surface area (Å²) in [5, 5.41) is 3.39. The topological polar surface area (TPSA) is 30.5 Å². The Morgan fingerprint density at radius 2 is 1.61 bits per heavy atom. The maximum Gasteiger partial charge on any atom is 0.163 e. The van der Waals surface area contributed by atoms with Gasteiger partial charge in [-0.15, -0.1) is 0 Å². The van der Waals surface area contributed by atoms with Crippen LogP contribution >= 0.6 is 0 Å². The maximum atomic E-state index is 6.13. The van der Waals surface area contributed by atoms with Crippen LogP contribution in [0.15, 0.2) is 0 Å². The van der Waals surface area contributed by atoms with Crippen LogP contribution in [0.4, 0.5) is 0 Å². The molecule has 3 nitrogen and oxygen atoms in total. The van der Waals surface area contributed by atoms with Crippen LogP contribution in [-0.2, 0) is 9.47 Å². The Morgan fingerprint density at radius 1 is 1.06 bits per heavy atom. The van der Waals surface area contributed by atoms with Gasteiger partial charge in [-0.25, -0.2) is 0 Å². The molecule has 0 aromatic carbocycles. The Bertz CT molecular complexity index is 243. The van der Waals surface area contributed by atoms with Gasteiger partial charge in [0.1, 0.15) is 0 Å². The molecule has 4 unspecified atom stereocenters. The summed E-state index contributed by atoms with van der Waals surface area (Å²) in [6.45, 7) is 15.1. The first-order valence-corrected chi connectivity index (χ1v) is 7.47. The molecule has 0 saturated carbocycles. The molecule has 0 aliphatic carbocycles. The lowest BCUT2D eigenvalue weighted by atomic mass is 9.89. The van der Waals surface area contributed by atoms with Gasteiger partial charge in [-0.2, -0.15) is 0 Å². The van der Waals surface area contributed by atoms with Gasteiger partial charge in [0.25, 0.3) is 0 Å². The van der Waals surface area contributed by atoms with Gasteiger partial charge in [-0.3, -0.25) is 0 Å². The number of ether oxygens (including phenoxy) is 2. The fourth-order valence-electron chi connectivity index (χ4n) is 2.60. The van der Waals surface area contributed by atoms with Gasteiger partial charge in [0, 0.05) is 0 Å². The molecular formula is C15H31NO2. The summed E-state index contributed by atoms with van der Waals surface area (Å²) in [4.78, 5) is 0. The number of hydrogen-bond donors (Lipinski definition) is 1. The molecule has 3 heteroatoms. The van der Waals surface area contributed by atoms with Crippen molar-refractivity contribution in [1.29, 1.82) is 0 Å². The van der Waals surface area contributed by atoms with E-state index in [0.717, 1.165) is 25.9 Å². The van der Waals surface area contributed by atoms with E-state index in [2.05, 4.69) is 33.0 Å². The van der Waals surface area contributed by atoms with Crippen molar-refractivity contribution in [3.05, 3.63) is 0 Å². The van der Waals surface area contributed by atoms with Gasteiger partial charge in [0.15, 0.2) is 5.79 Å². The summed E-state index contributed by atoms with van der Waals surface area (Å²) in [6, 6.07) is 0. The van der Waals surface area contributed by atoms with Crippen LogP contribution in [0.5, 0.6) is 0 Å². The van der Waals surface area contributed by atoms with Crippen molar-refractivity contribution in [3.8, 4) is 0 Å². The lowest BCUT2D eigenvalue weighted by molar-refractivity contribution is -0.153. The first-order chi connectivity index (χ1) is 8.41. The highest BCUT2D eigenvalue weighted by Crippen LogP contribution is 2.37.